The van der Waals surface area contributed by atoms with Gasteiger partial charge in [0.25, 0.3) is 5.89 Å². The number of hydrogen-bond donors (Lipinski definition) is 1. The minimum absolute atomic E-state index is 0.601. The van der Waals surface area contributed by atoms with Gasteiger partial charge in [-0.3, -0.25) is 4.90 Å². The number of aryl methyl sites for hydroxylation is 1. The van der Waals surface area contributed by atoms with E-state index in [-0.39, 0.29) is 0 Å². The third-order valence-corrected chi connectivity index (χ3v) is 4.09. The van der Waals surface area contributed by atoms with Gasteiger partial charge in [0.2, 0.25) is 0 Å². The fourth-order valence-corrected chi connectivity index (χ4v) is 2.73. The van der Waals surface area contributed by atoms with Crippen molar-refractivity contribution in [2.45, 2.75) is 32.4 Å². The second kappa shape index (κ2) is 6.37. The largest absolute Gasteiger partial charge is 0.334 e. The molecule has 5 nitrogen and oxygen atoms in total. The van der Waals surface area contributed by atoms with E-state index >= 15 is 0 Å². The molecule has 21 heavy (non-hydrogen) atoms. The fourth-order valence-electron chi connectivity index (χ4n) is 2.73. The van der Waals surface area contributed by atoms with Crippen LogP contribution in [0.2, 0.25) is 0 Å². The monoisotopic (exact) mass is 286 g/mol. The van der Waals surface area contributed by atoms with E-state index in [2.05, 4.69) is 46.5 Å². The van der Waals surface area contributed by atoms with Crippen molar-refractivity contribution in [2.75, 3.05) is 20.1 Å². The molecule has 1 aliphatic heterocycles. The van der Waals surface area contributed by atoms with Crippen LogP contribution in [0, 0.1) is 6.92 Å². The third-order valence-electron chi connectivity index (χ3n) is 4.09. The summed E-state index contributed by atoms with van der Waals surface area (Å²) in [5.41, 5.74) is 2.20. The molecule has 5 heteroatoms. The zero-order valence-corrected chi connectivity index (χ0v) is 12.7. The predicted octanol–water partition coefficient (Wildman–Crippen LogP) is 2.23. The highest BCUT2D eigenvalue weighted by molar-refractivity contribution is 5.53. The Morgan fingerprint density at radius 3 is 2.67 bits per heavy atom. The molecule has 1 N–H and O–H groups in total. The lowest BCUT2D eigenvalue weighted by molar-refractivity contribution is 0.186. The summed E-state index contributed by atoms with van der Waals surface area (Å²) < 4.78 is 5.38. The quantitative estimate of drug-likeness (QED) is 0.934. The molecule has 0 atom stereocenters. The fraction of sp³-hybridized carbons (Fsp3) is 0.500. The van der Waals surface area contributed by atoms with E-state index < -0.39 is 0 Å². The summed E-state index contributed by atoms with van der Waals surface area (Å²) in [5, 5.41) is 7.49. The highest BCUT2D eigenvalue weighted by Gasteiger charge is 2.19. The molecule has 0 unspecified atom stereocenters. The molecule has 1 aliphatic rings. The van der Waals surface area contributed by atoms with Crippen molar-refractivity contribution in [2.24, 2.45) is 0 Å². The molecule has 1 aromatic heterocycles. The average molecular weight is 286 g/mol. The number of nitrogens with one attached hydrogen (secondary N) is 1. The van der Waals surface area contributed by atoms with Gasteiger partial charge in [-0.05, 0) is 52.0 Å². The summed E-state index contributed by atoms with van der Waals surface area (Å²) >= 11 is 0. The lowest BCUT2D eigenvalue weighted by atomic mass is 10.1. The zero-order valence-electron chi connectivity index (χ0n) is 12.7. The molecule has 0 saturated carbocycles. The number of piperidine rings is 1. The second-order valence-corrected chi connectivity index (χ2v) is 5.78. The number of hydrogen-bond acceptors (Lipinski definition) is 5. The molecular weight excluding hydrogens is 264 g/mol. The van der Waals surface area contributed by atoms with Crippen molar-refractivity contribution in [3.8, 4) is 11.5 Å². The molecule has 2 aromatic rings. The molecule has 3 rings (SSSR count). The summed E-state index contributed by atoms with van der Waals surface area (Å²) in [5.74, 6) is 1.36. The molecule has 0 bridgehead atoms. The highest BCUT2D eigenvalue weighted by Crippen LogP contribution is 2.19. The minimum atomic E-state index is 0.601. The minimum Gasteiger partial charge on any atom is -0.334 e. The Bertz CT molecular complexity index is 572. The molecule has 0 radical (unpaired) electrons. The molecule has 0 spiro atoms. The first-order valence-electron chi connectivity index (χ1n) is 7.53. The molecule has 2 heterocycles. The van der Waals surface area contributed by atoms with Crippen LogP contribution in [0.1, 0.15) is 24.2 Å². The molecule has 0 amide bonds. The van der Waals surface area contributed by atoms with Crippen molar-refractivity contribution in [1.29, 1.82) is 0 Å². The van der Waals surface area contributed by atoms with E-state index in [4.69, 9.17) is 4.52 Å². The van der Waals surface area contributed by atoms with Gasteiger partial charge in [0, 0.05) is 11.6 Å². The van der Waals surface area contributed by atoms with Crippen LogP contribution < -0.4 is 5.32 Å². The first-order valence-corrected chi connectivity index (χ1v) is 7.53. The van der Waals surface area contributed by atoms with E-state index in [1.807, 2.05) is 12.1 Å². The maximum atomic E-state index is 5.38. The SMILES string of the molecule is Cc1ccc(-c2nc(CN(C)C3CCNCC3)no2)cc1. The lowest BCUT2D eigenvalue weighted by Crippen LogP contribution is -2.40. The van der Waals surface area contributed by atoms with Gasteiger partial charge in [-0.1, -0.05) is 22.9 Å². The average Bonchev–Trinajstić information content (AvgIpc) is 2.97. The Balaban J connectivity index is 1.65. The van der Waals surface area contributed by atoms with Crippen LogP contribution in [0.25, 0.3) is 11.5 Å². The van der Waals surface area contributed by atoms with E-state index in [0.29, 0.717) is 11.9 Å². The number of rotatable bonds is 4. The molecule has 112 valence electrons. The van der Waals surface area contributed by atoms with Crippen LogP contribution in [-0.2, 0) is 6.54 Å². The van der Waals surface area contributed by atoms with Gasteiger partial charge in [-0.25, -0.2) is 0 Å². The number of nitrogens with zero attached hydrogens (tertiary/aromatic N) is 3. The van der Waals surface area contributed by atoms with Crippen molar-refractivity contribution in [1.82, 2.24) is 20.4 Å². The van der Waals surface area contributed by atoms with Gasteiger partial charge in [0.05, 0.1) is 6.54 Å². The number of benzene rings is 1. The van der Waals surface area contributed by atoms with Crippen LogP contribution in [0.15, 0.2) is 28.8 Å². The Hall–Kier alpha value is -1.72. The van der Waals surface area contributed by atoms with Gasteiger partial charge in [0.1, 0.15) is 0 Å². The Morgan fingerprint density at radius 2 is 1.95 bits per heavy atom. The molecular formula is C16H22N4O. The summed E-state index contributed by atoms with van der Waals surface area (Å²) in [6.45, 7) is 4.99. The van der Waals surface area contributed by atoms with Gasteiger partial charge in [0.15, 0.2) is 5.82 Å². The normalized spacial score (nSPS) is 16.5. The van der Waals surface area contributed by atoms with Gasteiger partial charge >= 0.3 is 0 Å². The highest BCUT2D eigenvalue weighted by atomic mass is 16.5. The molecule has 1 saturated heterocycles. The summed E-state index contributed by atoms with van der Waals surface area (Å²) in [7, 11) is 2.14. The summed E-state index contributed by atoms with van der Waals surface area (Å²) in [6, 6.07) is 8.75. The lowest BCUT2D eigenvalue weighted by Gasteiger charge is -2.30. The molecule has 1 fully saturated rings. The smallest absolute Gasteiger partial charge is 0.257 e. The summed E-state index contributed by atoms with van der Waals surface area (Å²) in [6.07, 6.45) is 2.36. The molecule has 0 aliphatic carbocycles. The maximum Gasteiger partial charge on any atom is 0.257 e. The van der Waals surface area contributed by atoms with Gasteiger partial charge in [-0.15, -0.1) is 0 Å². The Kier molecular flexibility index (Phi) is 4.31. The third kappa shape index (κ3) is 3.49. The van der Waals surface area contributed by atoms with E-state index in [0.717, 1.165) is 31.0 Å². The van der Waals surface area contributed by atoms with E-state index in [1.165, 1.54) is 18.4 Å². The van der Waals surface area contributed by atoms with Crippen molar-refractivity contribution < 1.29 is 4.52 Å². The van der Waals surface area contributed by atoms with Gasteiger partial charge in [-0.2, -0.15) is 4.98 Å². The Morgan fingerprint density at radius 1 is 1.24 bits per heavy atom. The van der Waals surface area contributed by atoms with Gasteiger partial charge < -0.3 is 9.84 Å². The second-order valence-electron chi connectivity index (χ2n) is 5.78. The predicted molar refractivity (Wildman–Crippen MR) is 81.8 cm³/mol. The van der Waals surface area contributed by atoms with Crippen molar-refractivity contribution in [3.05, 3.63) is 35.7 Å². The van der Waals surface area contributed by atoms with Crippen LogP contribution in [0.5, 0.6) is 0 Å². The van der Waals surface area contributed by atoms with Crippen LogP contribution in [0.3, 0.4) is 0 Å². The zero-order chi connectivity index (χ0) is 14.7. The standard InChI is InChI=1S/C16H22N4O/c1-12-3-5-13(6-4-12)16-18-15(19-21-16)11-20(2)14-7-9-17-10-8-14/h3-6,14,17H,7-11H2,1-2H3. The van der Waals surface area contributed by atoms with Crippen LogP contribution >= 0.6 is 0 Å². The van der Waals surface area contributed by atoms with E-state index in [9.17, 15) is 0 Å². The van der Waals surface area contributed by atoms with Crippen LogP contribution in [0.4, 0.5) is 0 Å². The topological polar surface area (TPSA) is 54.2 Å². The van der Waals surface area contributed by atoms with Crippen LogP contribution in [-0.4, -0.2) is 41.2 Å². The van der Waals surface area contributed by atoms with Crippen molar-refractivity contribution >= 4 is 0 Å². The number of aromatic nitrogens is 2. The maximum absolute atomic E-state index is 5.38. The Labute approximate surface area is 125 Å². The molecule has 1 aromatic carbocycles. The summed E-state index contributed by atoms with van der Waals surface area (Å²) in [4.78, 5) is 6.83. The van der Waals surface area contributed by atoms with Crippen molar-refractivity contribution in [3.63, 3.8) is 0 Å². The first kappa shape index (κ1) is 14.2. The van der Waals surface area contributed by atoms with E-state index in [1.54, 1.807) is 0 Å². The first-order chi connectivity index (χ1) is 10.2.